The lowest BCUT2D eigenvalue weighted by molar-refractivity contribution is 0.759. The van der Waals surface area contributed by atoms with Crippen LogP contribution >= 0.6 is 15.9 Å². The first-order valence-corrected chi connectivity index (χ1v) is 4.17. The quantitative estimate of drug-likeness (QED) is 0.697. The zero-order valence-electron chi connectivity index (χ0n) is 6.82. The summed E-state index contributed by atoms with van der Waals surface area (Å²) in [5, 5.41) is 21.0. The van der Waals surface area contributed by atoms with Crippen molar-refractivity contribution in [3.05, 3.63) is 21.9 Å². The lowest BCUT2D eigenvalue weighted by atomic mass is 10.2. The molecule has 5 heteroatoms. The third-order valence-electron chi connectivity index (χ3n) is 1.46. The Labute approximate surface area is 83.8 Å². The van der Waals surface area contributed by atoms with E-state index in [0.717, 1.165) is 4.47 Å². The van der Waals surface area contributed by atoms with Gasteiger partial charge in [-0.15, -0.1) is 0 Å². The molecule has 64 valence electrons. The van der Waals surface area contributed by atoms with E-state index in [2.05, 4.69) is 21.0 Å². The van der Waals surface area contributed by atoms with Crippen LogP contribution in [0.2, 0.25) is 0 Å². The first kappa shape index (κ1) is 9.50. The number of rotatable bonds is 1. The Morgan fingerprint density at radius 2 is 2.23 bits per heavy atom. The average Bonchev–Trinajstić information content (AvgIpc) is 2.44. The molecule has 0 aliphatic rings. The molecule has 0 aliphatic carbocycles. The van der Waals surface area contributed by atoms with Gasteiger partial charge in [-0.05, 0) is 22.0 Å². The fourth-order valence-electron chi connectivity index (χ4n) is 0.809. The number of aryl methyl sites for hydroxylation is 1. The topological polar surface area (TPSA) is 65.4 Å². The predicted molar refractivity (Wildman–Crippen MR) is 50.1 cm³/mol. The van der Waals surface area contributed by atoms with Crippen molar-refractivity contribution in [2.24, 2.45) is 7.05 Å². The van der Waals surface area contributed by atoms with Gasteiger partial charge in [0, 0.05) is 7.05 Å². The van der Waals surface area contributed by atoms with E-state index in [9.17, 15) is 0 Å². The Bertz CT molecular complexity index is 394. The molecule has 0 N–H and O–H groups in total. The second-order valence-corrected chi connectivity index (χ2v) is 3.14. The summed E-state index contributed by atoms with van der Waals surface area (Å²) in [7, 11) is 1.74. The third-order valence-corrected chi connectivity index (χ3v) is 2.07. The van der Waals surface area contributed by atoms with Crippen molar-refractivity contribution >= 4 is 22.0 Å². The zero-order chi connectivity index (χ0) is 9.84. The van der Waals surface area contributed by atoms with Gasteiger partial charge in [-0.3, -0.25) is 4.68 Å². The van der Waals surface area contributed by atoms with Crippen molar-refractivity contribution in [2.75, 3.05) is 0 Å². The molecule has 4 nitrogen and oxygen atoms in total. The van der Waals surface area contributed by atoms with E-state index >= 15 is 0 Å². The summed E-state index contributed by atoms with van der Waals surface area (Å²) < 4.78 is 2.34. The Balaban J connectivity index is 3.20. The number of halogens is 1. The SMILES string of the molecule is Cn1ncc(Br)c1C=C(C#N)C#N. The van der Waals surface area contributed by atoms with Crippen molar-refractivity contribution in [1.82, 2.24) is 9.78 Å². The molecule has 0 fully saturated rings. The smallest absolute Gasteiger partial charge is 0.131 e. The third kappa shape index (κ3) is 1.95. The van der Waals surface area contributed by atoms with Crippen molar-refractivity contribution in [1.29, 1.82) is 10.5 Å². The van der Waals surface area contributed by atoms with E-state index in [4.69, 9.17) is 10.5 Å². The number of hydrogen-bond donors (Lipinski definition) is 0. The molecule has 1 heterocycles. The summed E-state index contributed by atoms with van der Waals surface area (Å²) in [5.74, 6) is 0. The van der Waals surface area contributed by atoms with Crippen LogP contribution in [0.1, 0.15) is 5.69 Å². The second-order valence-electron chi connectivity index (χ2n) is 2.28. The van der Waals surface area contributed by atoms with E-state index in [1.165, 1.54) is 6.08 Å². The molecule has 0 amide bonds. The molecule has 0 unspecified atom stereocenters. The molecule has 0 aromatic carbocycles. The van der Waals surface area contributed by atoms with Gasteiger partial charge in [0.2, 0.25) is 0 Å². The van der Waals surface area contributed by atoms with Gasteiger partial charge in [0.1, 0.15) is 17.7 Å². The molecular formula is C8H5BrN4. The van der Waals surface area contributed by atoms with Crippen LogP contribution in [-0.4, -0.2) is 9.78 Å². The van der Waals surface area contributed by atoms with Gasteiger partial charge in [0.05, 0.1) is 16.4 Å². The summed E-state index contributed by atoms with van der Waals surface area (Å²) in [6.07, 6.45) is 3.09. The molecule has 0 bridgehead atoms. The van der Waals surface area contributed by atoms with Gasteiger partial charge in [0.15, 0.2) is 0 Å². The number of aromatic nitrogens is 2. The summed E-state index contributed by atoms with van der Waals surface area (Å²) in [6, 6.07) is 3.56. The molecule has 0 aliphatic heterocycles. The molecule has 0 radical (unpaired) electrons. The van der Waals surface area contributed by atoms with Crippen LogP contribution in [0.15, 0.2) is 16.2 Å². The highest BCUT2D eigenvalue weighted by molar-refractivity contribution is 9.10. The van der Waals surface area contributed by atoms with Crippen LogP contribution in [0.4, 0.5) is 0 Å². The minimum atomic E-state index is 0.0595. The maximum Gasteiger partial charge on any atom is 0.131 e. The monoisotopic (exact) mass is 236 g/mol. The first-order chi connectivity index (χ1) is 6.19. The van der Waals surface area contributed by atoms with Crippen LogP contribution in [0.3, 0.4) is 0 Å². The van der Waals surface area contributed by atoms with Crippen LogP contribution in [0.25, 0.3) is 6.08 Å². The largest absolute Gasteiger partial charge is 0.267 e. The Kier molecular flexibility index (Phi) is 2.84. The van der Waals surface area contributed by atoms with Crippen LogP contribution in [-0.2, 0) is 7.05 Å². The normalized spacial score (nSPS) is 8.62. The van der Waals surface area contributed by atoms with E-state index in [-0.39, 0.29) is 5.57 Å². The minimum Gasteiger partial charge on any atom is -0.267 e. The molecule has 1 aromatic rings. The molecule has 0 spiro atoms. The molecule has 0 saturated carbocycles. The summed E-state index contributed by atoms with van der Waals surface area (Å²) in [5.41, 5.74) is 0.766. The molecule has 1 rings (SSSR count). The van der Waals surface area contributed by atoms with Crippen LogP contribution < -0.4 is 0 Å². The number of nitrogens with zero attached hydrogens (tertiary/aromatic N) is 4. The Hall–Kier alpha value is -1.59. The standard InChI is InChI=1S/C8H5BrN4/c1-13-8(7(9)5-12-13)2-6(3-10)4-11/h2,5H,1H3. The van der Waals surface area contributed by atoms with Gasteiger partial charge < -0.3 is 0 Å². The van der Waals surface area contributed by atoms with Crippen molar-refractivity contribution in [3.63, 3.8) is 0 Å². The number of hydrogen-bond acceptors (Lipinski definition) is 3. The summed E-state index contributed by atoms with van der Waals surface area (Å²) >= 11 is 3.26. The fourth-order valence-corrected chi connectivity index (χ4v) is 1.27. The fraction of sp³-hybridized carbons (Fsp3) is 0.125. The van der Waals surface area contributed by atoms with E-state index < -0.39 is 0 Å². The van der Waals surface area contributed by atoms with Crippen LogP contribution in [0.5, 0.6) is 0 Å². The minimum absolute atomic E-state index is 0.0595. The zero-order valence-corrected chi connectivity index (χ0v) is 8.41. The highest BCUT2D eigenvalue weighted by Gasteiger charge is 2.03. The molecule has 13 heavy (non-hydrogen) atoms. The maximum atomic E-state index is 8.52. The van der Waals surface area contributed by atoms with Crippen molar-refractivity contribution in [2.45, 2.75) is 0 Å². The lowest BCUT2D eigenvalue weighted by Crippen LogP contribution is -1.93. The predicted octanol–water partition coefficient (Wildman–Crippen LogP) is 1.61. The van der Waals surface area contributed by atoms with E-state index in [0.29, 0.717) is 5.69 Å². The van der Waals surface area contributed by atoms with E-state index in [1.807, 2.05) is 0 Å². The summed E-state index contributed by atoms with van der Waals surface area (Å²) in [6.45, 7) is 0. The molecule has 1 aromatic heterocycles. The van der Waals surface area contributed by atoms with Crippen molar-refractivity contribution in [3.8, 4) is 12.1 Å². The highest BCUT2D eigenvalue weighted by Crippen LogP contribution is 2.17. The maximum absolute atomic E-state index is 8.52. The Morgan fingerprint density at radius 1 is 1.62 bits per heavy atom. The first-order valence-electron chi connectivity index (χ1n) is 3.38. The molecule has 0 atom stereocenters. The van der Waals surface area contributed by atoms with Gasteiger partial charge in [-0.1, -0.05) is 0 Å². The highest BCUT2D eigenvalue weighted by atomic mass is 79.9. The Morgan fingerprint density at radius 3 is 2.62 bits per heavy atom. The van der Waals surface area contributed by atoms with Crippen molar-refractivity contribution < 1.29 is 0 Å². The lowest BCUT2D eigenvalue weighted by Gasteiger charge is -1.93. The number of allylic oxidation sites excluding steroid dienone is 1. The van der Waals surface area contributed by atoms with Gasteiger partial charge in [-0.2, -0.15) is 15.6 Å². The van der Waals surface area contributed by atoms with Gasteiger partial charge in [-0.25, -0.2) is 0 Å². The molecule has 0 saturated heterocycles. The van der Waals surface area contributed by atoms with E-state index in [1.54, 1.807) is 30.1 Å². The summed E-state index contributed by atoms with van der Waals surface area (Å²) in [4.78, 5) is 0. The van der Waals surface area contributed by atoms with Crippen LogP contribution in [0, 0.1) is 22.7 Å². The average molecular weight is 237 g/mol. The number of nitriles is 2. The van der Waals surface area contributed by atoms with Gasteiger partial charge >= 0.3 is 0 Å². The van der Waals surface area contributed by atoms with Gasteiger partial charge in [0.25, 0.3) is 0 Å². The molecular weight excluding hydrogens is 232 g/mol. The second kappa shape index (κ2) is 3.88.